The fourth-order valence-corrected chi connectivity index (χ4v) is 1.89. The maximum absolute atomic E-state index is 11.5. The molecule has 0 aliphatic carbocycles. The van der Waals surface area contributed by atoms with Crippen LogP contribution in [0.3, 0.4) is 0 Å². The maximum Gasteiger partial charge on any atom is 0.237 e. The highest BCUT2D eigenvalue weighted by atomic mass is 16.6. The Hall–Kier alpha value is -0.650. The molecule has 5 nitrogen and oxygen atoms in total. The fraction of sp³-hybridized carbons (Fsp3) is 0.917. The number of carbonyl (C=O) groups excluding carboxylic acids is 1. The van der Waals surface area contributed by atoms with Crippen LogP contribution in [0.2, 0.25) is 0 Å². The Labute approximate surface area is 103 Å². The van der Waals surface area contributed by atoms with Crippen molar-refractivity contribution < 1.29 is 14.3 Å². The highest BCUT2D eigenvalue weighted by Crippen LogP contribution is 2.14. The van der Waals surface area contributed by atoms with Gasteiger partial charge in [0.05, 0.1) is 18.8 Å². The predicted molar refractivity (Wildman–Crippen MR) is 65.7 cm³/mol. The molecule has 1 saturated heterocycles. The highest BCUT2D eigenvalue weighted by molar-refractivity contribution is 5.84. The van der Waals surface area contributed by atoms with Crippen LogP contribution >= 0.6 is 0 Å². The lowest BCUT2D eigenvalue weighted by Gasteiger charge is -2.31. The van der Waals surface area contributed by atoms with Gasteiger partial charge in [0.2, 0.25) is 5.91 Å². The summed E-state index contributed by atoms with van der Waals surface area (Å²) in [7, 11) is 0. The molecule has 1 unspecified atom stereocenters. The van der Waals surface area contributed by atoms with Crippen molar-refractivity contribution in [3.8, 4) is 0 Å². The summed E-state index contributed by atoms with van der Waals surface area (Å²) in [6.07, 6.45) is 1.75. The largest absolute Gasteiger partial charge is 0.376 e. The lowest BCUT2D eigenvalue weighted by Crippen LogP contribution is -2.55. The van der Waals surface area contributed by atoms with Crippen molar-refractivity contribution in [1.82, 2.24) is 5.32 Å². The van der Waals surface area contributed by atoms with Crippen molar-refractivity contribution in [3.63, 3.8) is 0 Å². The summed E-state index contributed by atoms with van der Waals surface area (Å²) in [5.74, 6) is -0.307. The van der Waals surface area contributed by atoms with E-state index in [9.17, 15) is 4.79 Å². The van der Waals surface area contributed by atoms with Crippen LogP contribution in [0, 0.1) is 0 Å². The van der Waals surface area contributed by atoms with Crippen LogP contribution in [0.5, 0.6) is 0 Å². The van der Waals surface area contributed by atoms with E-state index < -0.39 is 5.54 Å². The van der Waals surface area contributed by atoms with Crippen molar-refractivity contribution >= 4 is 5.91 Å². The molecule has 1 amide bonds. The van der Waals surface area contributed by atoms with E-state index in [2.05, 4.69) is 5.32 Å². The number of primary amides is 1. The van der Waals surface area contributed by atoms with Gasteiger partial charge < -0.3 is 20.5 Å². The quantitative estimate of drug-likeness (QED) is 0.607. The van der Waals surface area contributed by atoms with Crippen molar-refractivity contribution in [2.45, 2.75) is 51.3 Å². The molecule has 1 rings (SSSR count). The number of nitrogens with two attached hydrogens (primary N) is 1. The Bertz CT molecular complexity index is 254. The van der Waals surface area contributed by atoms with E-state index in [-0.39, 0.29) is 18.1 Å². The first-order valence-corrected chi connectivity index (χ1v) is 6.21. The summed E-state index contributed by atoms with van der Waals surface area (Å²) in [5, 5.41) is 3.22. The van der Waals surface area contributed by atoms with Crippen LogP contribution in [-0.2, 0) is 14.3 Å². The number of nitrogens with one attached hydrogen (secondary N) is 1. The van der Waals surface area contributed by atoms with Gasteiger partial charge in [-0.2, -0.15) is 0 Å². The minimum atomic E-state index is -0.645. The molecule has 1 atom stereocenters. The van der Waals surface area contributed by atoms with Gasteiger partial charge in [0.25, 0.3) is 0 Å². The Balaban J connectivity index is 2.25. The molecule has 0 aromatic rings. The smallest absolute Gasteiger partial charge is 0.237 e. The van der Waals surface area contributed by atoms with Gasteiger partial charge in [-0.25, -0.2) is 0 Å². The van der Waals surface area contributed by atoms with Crippen molar-refractivity contribution in [2.75, 3.05) is 19.8 Å². The lowest BCUT2D eigenvalue weighted by atomic mass is 9.94. The van der Waals surface area contributed by atoms with Crippen molar-refractivity contribution in [3.05, 3.63) is 0 Å². The van der Waals surface area contributed by atoms with Crippen LogP contribution in [-0.4, -0.2) is 43.4 Å². The average Bonchev–Trinajstić information content (AvgIpc) is 2.13. The number of amides is 1. The molecule has 0 aromatic carbocycles. The molecule has 0 saturated carbocycles. The summed E-state index contributed by atoms with van der Waals surface area (Å²) < 4.78 is 10.6. The molecule has 1 fully saturated rings. The maximum atomic E-state index is 11.5. The van der Waals surface area contributed by atoms with Crippen LogP contribution < -0.4 is 11.1 Å². The Morgan fingerprint density at radius 1 is 1.59 bits per heavy atom. The summed E-state index contributed by atoms with van der Waals surface area (Å²) in [6.45, 7) is 7.89. The highest BCUT2D eigenvalue weighted by Gasteiger charge is 2.31. The van der Waals surface area contributed by atoms with Gasteiger partial charge in [0.15, 0.2) is 0 Å². The van der Waals surface area contributed by atoms with Crippen LogP contribution in [0.15, 0.2) is 0 Å². The number of rotatable bonds is 8. The zero-order valence-corrected chi connectivity index (χ0v) is 11.0. The van der Waals surface area contributed by atoms with Gasteiger partial charge in [-0.1, -0.05) is 0 Å². The molecule has 0 bridgehead atoms. The second-order valence-corrected chi connectivity index (χ2v) is 5.13. The molecule has 5 heteroatoms. The summed E-state index contributed by atoms with van der Waals surface area (Å²) in [4.78, 5) is 11.5. The molecule has 0 spiro atoms. The first-order valence-electron chi connectivity index (χ1n) is 6.21. The van der Waals surface area contributed by atoms with Crippen molar-refractivity contribution in [2.24, 2.45) is 5.73 Å². The van der Waals surface area contributed by atoms with Crippen LogP contribution in [0.4, 0.5) is 0 Å². The standard InChI is InChI=1S/C12H24N2O3/c1-9(2)14-12(3,11(13)15)5-4-6-17-10-7-16-8-10/h9-10,14H,4-8H2,1-3H3,(H2,13,15). The van der Waals surface area contributed by atoms with E-state index >= 15 is 0 Å². The monoisotopic (exact) mass is 244 g/mol. The SMILES string of the molecule is CC(C)NC(C)(CCCOC1COC1)C(N)=O. The number of hydrogen-bond acceptors (Lipinski definition) is 4. The summed E-state index contributed by atoms with van der Waals surface area (Å²) in [6, 6.07) is 0.230. The molecule has 1 heterocycles. The van der Waals surface area contributed by atoms with Gasteiger partial charge >= 0.3 is 0 Å². The van der Waals surface area contributed by atoms with Gasteiger partial charge in [-0.3, -0.25) is 4.79 Å². The van der Waals surface area contributed by atoms with Gasteiger partial charge in [0.1, 0.15) is 6.10 Å². The van der Waals surface area contributed by atoms with Gasteiger partial charge in [-0.05, 0) is 33.6 Å². The third kappa shape index (κ3) is 4.61. The van der Waals surface area contributed by atoms with E-state index in [4.69, 9.17) is 15.2 Å². The normalized spacial score (nSPS) is 20.0. The minimum Gasteiger partial charge on any atom is -0.376 e. The molecule has 0 radical (unpaired) electrons. The Morgan fingerprint density at radius 3 is 2.65 bits per heavy atom. The first kappa shape index (κ1) is 14.4. The molecule has 3 N–H and O–H groups in total. The molecule has 1 aliphatic heterocycles. The molecular formula is C12H24N2O3. The van der Waals surface area contributed by atoms with E-state index in [1.165, 1.54) is 0 Å². The zero-order chi connectivity index (χ0) is 12.9. The number of carbonyl (C=O) groups is 1. The van der Waals surface area contributed by atoms with E-state index in [0.29, 0.717) is 26.2 Å². The predicted octanol–water partition coefficient (Wildman–Crippen LogP) is 0.424. The van der Waals surface area contributed by atoms with Crippen LogP contribution in [0.1, 0.15) is 33.6 Å². The Morgan fingerprint density at radius 2 is 2.24 bits per heavy atom. The number of ether oxygens (including phenoxy) is 2. The van der Waals surface area contributed by atoms with Gasteiger partial charge in [0, 0.05) is 12.6 Å². The Kier molecular flexibility index (Phi) is 5.36. The van der Waals surface area contributed by atoms with E-state index in [1.807, 2.05) is 20.8 Å². The van der Waals surface area contributed by atoms with Gasteiger partial charge in [-0.15, -0.1) is 0 Å². The zero-order valence-electron chi connectivity index (χ0n) is 11.0. The number of hydrogen-bond donors (Lipinski definition) is 2. The van der Waals surface area contributed by atoms with Crippen LogP contribution in [0.25, 0.3) is 0 Å². The molecular weight excluding hydrogens is 220 g/mol. The first-order chi connectivity index (χ1) is 7.94. The summed E-state index contributed by atoms with van der Waals surface area (Å²) in [5.41, 5.74) is 4.79. The van der Waals surface area contributed by atoms with E-state index in [1.54, 1.807) is 0 Å². The topological polar surface area (TPSA) is 73.6 Å². The minimum absolute atomic E-state index is 0.230. The summed E-state index contributed by atoms with van der Waals surface area (Å²) >= 11 is 0. The molecule has 17 heavy (non-hydrogen) atoms. The second-order valence-electron chi connectivity index (χ2n) is 5.13. The molecule has 1 aliphatic rings. The molecule has 100 valence electrons. The lowest BCUT2D eigenvalue weighted by molar-refractivity contribution is -0.132. The third-order valence-corrected chi connectivity index (χ3v) is 2.93. The fourth-order valence-electron chi connectivity index (χ4n) is 1.89. The second kappa shape index (κ2) is 6.33. The molecule has 0 aromatic heterocycles. The van der Waals surface area contributed by atoms with E-state index in [0.717, 1.165) is 6.42 Å². The average molecular weight is 244 g/mol. The van der Waals surface area contributed by atoms with Crippen molar-refractivity contribution in [1.29, 1.82) is 0 Å². The third-order valence-electron chi connectivity index (χ3n) is 2.93.